The summed E-state index contributed by atoms with van der Waals surface area (Å²) < 4.78 is 18.4. The first-order chi connectivity index (χ1) is 12.5. The smallest absolute Gasteiger partial charge is 0.295 e. The van der Waals surface area contributed by atoms with Crippen LogP contribution in [0.5, 0.6) is 0 Å². The Morgan fingerprint density at radius 3 is 2.62 bits per heavy atom. The van der Waals surface area contributed by atoms with E-state index in [1.165, 1.54) is 29.7 Å². The van der Waals surface area contributed by atoms with Crippen LogP contribution in [-0.2, 0) is 0 Å². The van der Waals surface area contributed by atoms with E-state index in [0.717, 1.165) is 24.2 Å². The third-order valence-corrected chi connectivity index (χ3v) is 4.69. The van der Waals surface area contributed by atoms with E-state index in [2.05, 4.69) is 9.88 Å². The monoisotopic (exact) mass is 373 g/mol. The second-order valence-corrected chi connectivity index (χ2v) is 6.95. The zero-order valence-electron chi connectivity index (χ0n) is 14.7. The van der Waals surface area contributed by atoms with Gasteiger partial charge in [0.1, 0.15) is 5.82 Å². The van der Waals surface area contributed by atoms with Gasteiger partial charge in [0.25, 0.3) is 5.91 Å². The molecular formula is C19H20FN3O2S. The Kier molecular flexibility index (Phi) is 5.80. The van der Waals surface area contributed by atoms with Gasteiger partial charge in [0.05, 0.1) is 12.0 Å². The Morgan fingerprint density at radius 2 is 1.96 bits per heavy atom. The molecule has 0 spiro atoms. The predicted molar refractivity (Wildman–Crippen MR) is 101 cm³/mol. The number of thiazole rings is 1. The Morgan fingerprint density at radius 1 is 1.19 bits per heavy atom. The van der Waals surface area contributed by atoms with E-state index in [4.69, 9.17) is 4.42 Å². The van der Waals surface area contributed by atoms with Crippen molar-refractivity contribution in [1.82, 2.24) is 9.88 Å². The van der Waals surface area contributed by atoms with E-state index in [1.807, 2.05) is 19.5 Å². The maximum Gasteiger partial charge on any atom is 0.295 e. The molecule has 0 saturated heterocycles. The number of halogens is 1. The Labute approximate surface area is 155 Å². The molecule has 0 aliphatic rings. The van der Waals surface area contributed by atoms with E-state index in [0.29, 0.717) is 11.7 Å². The predicted octanol–water partition coefficient (Wildman–Crippen LogP) is 4.14. The molecule has 0 radical (unpaired) electrons. The van der Waals surface area contributed by atoms with Gasteiger partial charge in [-0.2, -0.15) is 0 Å². The summed E-state index contributed by atoms with van der Waals surface area (Å²) in [6, 6.07) is 9.50. The summed E-state index contributed by atoms with van der Waals surface area (Å²) in [7, 11) is 3.99. The fraction of sp³-hybridized carbons (Fsp3) is 0.263. The number of nitrogens with zero attached hydrogens (tertiary/aromatic N) is 3. The molecule has 3 rings (SSSR count). The van der Waals surface area contributed by atoms with Crippen molar-refractivity contribution >= 4 is 22.4 Å². The van der Waals surface area contributed by atoms with Crippen LogP contribution in [0.1, 0.15) is 17.0 Å². The summed E-state index contributed by atoms with van der Waals surface area (Å²) in [4.78, 5) is 21.1. The number of benzene rings is 1. The number of hydrogen-bond acceptors (Lipinski definition) is 5. The first kappa shape index (κ1) is 18.3. The minimum absolute atomic E-state index is 0.214. The van der Waals surface area contributed by atoms with E-state index < -0.39 is 0 Å². The van der Waals surface area contributed by atoms with Crippen LogP contribution in [0.15, 0.2) is 52.5 Å². The van der Waals surface area contributed by atoms with Gasteiger partial charge in [-0.25, -0.2) is 9.37 Å². The van der Waals surface area contributed by atoms with Gasteiger partial charge < -0.3 is 9.32 Å². The standard InChI is InChI=1S/C19H20FN3O2S/c1-22(2)10-4-11-23(18(24)17-5-3-12-25-17)19-21-16(13-26-19)14-6-8-15(20)9-7-14/h3,5-9,12-13H,4,10-11H2,1-2H3. The second-order valence-electron chi connectivity index (χ2n) is 6.11. The van der Waals surface area contributed by atoms with E-state index in [-0.39, 0.29) is 17.5 Å². The average Bonchev–Trinajstić information content (AvgIpc) is 3.30. The molecule has 7 heteroatoms. The average molecular weight is 373 g/mol. The summed E-state index contributed by atoms with van der Waals surface area (Å²) in [6.07, 6.45) is 2.29. The van der Waals surface area contributed by atoms with Gasteiger partial charge in [0.15, 0.2) is 10.9 Å². The molecule has 0 N–H and O–H groups in total. The molecule has 0 atom stereocenters. The molecule has 5 nitrogen and oxygen atoms in total. The van der Waals surface area contributed by atoms with E-state index >= 15 is 0 Å². The molecule has 2 heterocycles. The molecular weight excluding hydrogens is 353 g/mol. The highest BCUT2D eigenvalue weighted by molar-refractivity contribution is 7.14. The molecule has 136 valence electrons. The lowest BCUT2D eigenvalue weighted by molar-refractivity contribution is 0.0959. The molecule has 0 unspecified atom stereocenters. The third kappa shape index (κ3) is 4.36. The largest absolute Gasteiger partial charge is 0.459 e. The lowest BCUT2D eigenvalue weighted by Gasteiger charge is -2.20. The van der Waals surface area contributed by atoms with Crippen molar-refractivity contribution in [1.29, 1.82) is 0 Å². The third-order valence-electron chi connectivity index (χ3n) is 3.83. The van der Waals surface area contributed by atoms with E-state index in [9.17, 15) is 9.18 Å². The van der Waals surface area contributed by atoms with Gasteiger partial charge in [0, 0.05) is 17.5 Å². The number of hydrogen-bond donors (Lipinski definition) is 0. The van der Waals surface area contributed by atoms with Crippen molar-refractivity contribution in [3.05, 3.63) is 59.6 Å². The van der Waals surface area contributed by atoms with Crippen LogP contribution in [0, 0.1) is 5.82 Å². The number of anilines is 1. The molecule has 0 fully saturated rings. The van der Waals surface area contributed by atoms with Crippen LogP contribution in [-0.4, -0.2) is 43.0 Å². The Balaban J connectivity index is 1.84. The molecule has 3 aromatic rings. The number of amides is 1. The molecule has 26 heavy (non-hydrogen) atoms. The number of rotatable bonds is 7. The lowest BCUT2D eigenvalue weighted by Crippen LogP contribution is -2.33. The highest BCUT2D eigenvalue weighted by atomic mass is 32.1. The summed E-state index contributed by atoms with van der Waals surface area (Å²) in [5, 5.41) is 2.47. The van der Waals surface area contributed by atoms with Gasteiger partial charge in [-0.3, -0.25) is 9.69 Å². The highest BCUT2D eigenvalue weighted by Gasteiger charge is 2.22. The number of furan rings is 1. The van der Waals surface area contributed by atoms with E-state index in [1.54, 1.807) is 29.2 Å². The van der Waals surface area contributed by atoms with Gasteiger partial charge in [0.2, 0.25) is 0 Å². The Hall–Kier alpha value is -2.51. The Bertz CT molecular complexity index is 844. The maximum absolute atomic E-state index is 13.1. The van der Waals surface area contributed by atoms with Crippen molar-refractivity contribution in [2.45, 2.75) is 6.42 Å². The van der Waals surface area contributed by atoms with Crippen LogP contribution >= 0.6 is 11.3 Å². The van der Waals surface area contributed by atoms with Crippen LogP contribution in [0.4, 0.5) is 9.52 Å². The number of aromatic nitrogens is 1. The molecule has 0 aliphatic heterocycles. The maximum atomic E-state index is 13.1. The van der Waals surface area contributed by atoms with Gasteiger partial charge in [-0.15, -0.1) is 11.3 Å². The number of carbonyl (C=O) groups is 1. The summed E-state index contributed by atoms with van der Waals surface area (Å²) in [5.74, 6) is -0.218. The summed E-state index contributed by atoms with van der Waals surface area (Å²) in [6.45, 7) is 1.40. The van der Waals surface area contributed by atoms with Crippen LogP contribution in [0.3, 0.4) is 0 Å². The van der Waals surface area contributed by atoms with Crippen LogP contribution in [0.2, 0.25) is 0 Å². The molecule has 1 aromatic carbocycles. The zero-order valence-corrected chi connectivity index (χ0v) is 15.5. The first-order valence-corrected chi connectivity index (χ1v) is 9.14. The zero-order chi connectivity index (χ0) is 18.5. The topological polar surface area (TPSA) is 49.6 Å². The van der Waals surface area contributed by atoms with Gasteiger partial charge in [-0.1, -0.05) is 0 Å². The summed E-state index contributed by atoms with van der Waals surface area (Å²) in [5.41, 5.74) is 1.53. The second kappa shape index (κ2) is 8.25. The fourth-order valence-corrected chi connectivity index (χ4v) is 3.36. The molecule has 2 aromatic heterocycles. The van der Waals surface area contributed by atoms with Crippen molar-refractivity contribution in [2.24, 2.45) is 0 Å². The molecule has 0 aliphatic carbocycles. The van der Waals surface area contributed by atoms with Crippen molar-refractivity contribution < 1.29 is 13.6 Å². The fourth-order valence-electron chi connectivity index (χ4n) is 2.50. The SMILES string of the molecule is CN(C)CCCN(C(=O)c1ccco1)c1nc(-c2ccc(F)cc2)cs1. The number of carbonyl (C=O) groups excluding carboxylic acids is 1. The normalized spacial score (nSPS) is 11.1. The quantitative estimate of drug-likeness (QED) is 0.625. The van der Waals surface area contributed by atoms with Crippen molar-refractivity contribution in [2.75, 3.05) is 32.1 Å². The van der Waals surface area contributed by atoms with Crippen molar-refractivity contribution in [3.8, 4) is 11.3 Å². The molecule has 0 bridgehead atoms. The van der Waals surface area contributed by atoms with Gasteiger partial charge >= 0.3 is 0 Å². The minimum atomic E-state index is -0.289. The van der Waals surface area contributed by atoms with Crippen LogP contribution < -0.4 is 4.90 Å². The molecule has 1 amide bonds. The van der Waals surface area contributed by atoms with Crippen LogP contribution in [0.25, 0.3) is 11.3 Å². The summed E-state index contributed by atoms with van der Waals surface area (Å²) >= 11 is 1.39. The first-order valence-electron chi connectivity index (χ1n) is 8.26. The highest BCUT2D eigenvalue weighted by Crippen LogP contribution is 2.28. The van der Waals surface area contributed by atoms with Gasteiger partial charge in [-0.05, 0) is 63.5 Å². The molecule has 0 saturated carbocycles. The van der Waals surface area contributed by atoms with Crippen molar-refractivity contribution in [3.63, 3.8) is 0 Å². The minimum Gasteiger partial charge on any atom is -0.459 e. The lowest BCUT2D eigenvalue weighted by atomic mass is 10.2.